The number of nitrogens with zero attached hydrogens (tertiary/aromatic N) is 1. The van der Waals surface area contributed by atoms with Crippen LogP contribution in [0.1, 0.15) is 12.5 Å². The lowest BCUT2D eigenvalue weighted by molar-refractivity contribution is -0.119. The Morgan fingerprint density at radius 1 is 1.27 bits per heavy atom. The normalized spacial score (nSPS) is 17.2. The highest BCUT2D eigenvalue weighted by Gasteiger charge is 2.12. The van der Waals surface area contributed by atoms with Crippen LogP contribution < -0.4 is 10.6 Å². The van der Waals surface area contributed by atoms with Gasteiger partial charge in [-0.15, -0.1) is 0 Å². The first kappa shape index (κ1) is 17.3. The Bertz CT molecular complexity index is 457. The lowest BCUT2D eigenvalue weighted by atomic mass is 10.1. The zero-order valence-electron chi connectivity index (χ0n) is 13.6. The van der Waals surface area contributed by atoms with Gasteiger partial charge in [0.1, 0.15) is 0 Å². The monoisotopic (exact) mass is 321 g/mol. The van der Waals surface area contributed by atoms with E-state index in [1.165, 1.54) is 30.2 Å². The van der Waals surface area contributed by atoms with Crippen LogP contribution in [0.5, 0.6) is 0 Å². The number of carbonyl (C=O) groups is 1. The van der Waals surface area contributed by atoms with E-state index in [1.807, 2.05) is 37.9 Å². The molecule has 0 radical (unpaired) electrons. The molecule has 0 aliphatic carbocycles. The summed E-state index contributed by atoms with van der Waals surface area (Å²) in [5.74, 6) is 2.56. The smallest absolute Gasteiger partial charge is 0.228 e. The van der Waals surface area contributed by atoms with Crippen LogP contribution in [0.4, 0.5) is 5.69 Å². The Morgan fingerprint density at radius 3 is 2.59 bits per heavy atom. The molecule has 4 nitrogen and oxygen atoms in total. The first-order chi connectivity index (χ1) is 10.7. The van der Waals surface area contributed by atoms with Gasteiger partial charge in [0.25, 0.3) is 0 Å². The average molecular weight is 321 g/mol. The summed E-state index contributed by atoms with van der Waals surface area (Å²) < 4.78 is 0. The lowest BCUT2D eigenvalue weighted by Crippen LogP contribution is -2.34. The molecule has 1 aliphatic rings. The summed E-state index contributed by atoms with van der Waals surface area (Å²) in [6.07, 6.45) is 1.08. The molecule has 0 saturated carbocycles. The van der Waals surface area contributed by atoms with Gasteiger partial charge in [-0.3, -0.25) is 4.79 Å². The maximum atomic E-state index is 12.0. The Labute approximate surface area is 138 Å². The van der Waals surface area contributed by atoms with Gasteiger partial charge in [-0.25, -0.2) is 0 Å². The van der Waals surface area contributed by atoms with E-state index < -0.39 is 0 Å². The maximum Gasteiger partial charge on any atom is 0.228 e. The van der Waals surface area contributed by atoms with Crippen LogP contribution in [0.25, 0.3) is 0 Å². The van der Waals surface area contributed by atoms with E-state index in [4.69, 9.17) is 0 Å². The molecule has 1 fully saturated rings. The summed E-state index contributed by atoms with van der Waals surface area (Å²) in [6, 6.07) is 8.25. The van der Waals surface area contributed by atoms with E-state index in [2.05, 4.69) is 27.7 Å². The van der Waals surface area contributed by atoms with E-state index in [0.717, 1.165) is 18.7 Å². The van der Waals surface area contributed by atoms with E-state index >= 15 is 0 Å². The van der Waals surface area contributed by atoms with Crippen molar-refractivity contribution >= 4 is 23.4 Å². The fourth-order valence-corrected chi connectivity index (χ4v) is 3.51. The molecular weight excluding hydrogens is 294 g/mol. The second kappa shape index (κ2) is 9.18. The highest BCUT2D eigenvalue weighted by atomic mass is 32.2. The predicted octanol–water partition coefficient (Wildman–Crippen LogP) is 2.07. The molecule has 2 N–H and O–H groups in total. The molecule has 1 aromatic carbocycles. The van der Waals surface area contributed by atoms with E-state index in [-0.39, 0.29) is 11.8 Å². The van der Waals surface area contributed by atoms with Gasteiger partial charge in [-0.2, -0.15) is 11.8 Å². The molecule has 1 atom stereocenters. The van der Waals surface area contributed by atoms with Crippen molar-refractivity contribution < 1.29 is 4.79 Å². The van der Waals surface area contributed by atoms with E-state index in [0.29, 0.717) is 6.54 Å². The van der Waals surface area contributed by atoms with Crippen molar-refractivity contribution in [1.29, 1.82) is 0 Å². The highest BCUT2D eigenvalue weighted by molar-refractivity contribution is 7.99. The quantitative estimate of drug-likeness (QED) is 0.807. The Kier molecular flexibility index (Phi) is 7.22. The second-order valence-corrected chi connectivity index (χ2v) is 7.07. The molecule has 122 valence electrons. The number of hydrogen-bond acceptors (Lipinski definition) is 4. The number of anilines is 1. The molecule has 5 heteroatoms. The van der Waals surface area contributed by atoms with Gasteiger partial charge in [0, 0.05) is 49.3 Å². The summed E-state index contributed by atoms with van der Waals surface area (Å²) in [6.45, 7) is 6.17. The predicted molar refractivity (Wildman–Crippen MR) is 95.6 cm³/mol. The van der Waals surface area contributed by atoms with Gasteiger partial charge in [-0.05, 0) is 31.2 Å². The molecule has 0 bridgehead atoms. The highest BCUT2D eigenvalue weighted by Crippen LogP contribution is 2.13. The lowest BCUT2D eigenvalue weighted by Gasteiger charge is -2.26. The third-order valence-electron chi connectivity index (χ3n) is 4.00. The second-order valence-electron chi connectivity index (χ2n) is 5.85. The molecule has 1 saturated heterocycles. The minimum Gasteiger partial charge on any atom is -0.326 e. The molecule has 1 aliphatic heterocycles. The first-order valence-electron chi connectivity index (χ1n) is 8.03. The summed E-state index contributed by atoms with van der Waals surface area (Å²) in [5.41, 5.74) is 2.21. The summed E-state index contributed by atoms with van der Waals surface area (Å²) in [5, 5.41) is 5.99. The standard InChI is InChI=1S/C17H27N3OS/c1-14(13-18-2)17(21)19-16-5-3-15(4-6-16)7-8-20-9-11-22-12-10-20/h3-6,14,18H,7-13H2,1-2H3,(H,19,21). The number of benzene rings is 1. The van der Waals surface area contributed by atoms with Gasteiger partial charge in [0.2, 0.25) is 5.91 Å². The number of carbonyl (C=O) groups excluding carboxylic acids is 1. The summed E-state index contributed by atoms with van der Waals surface area (Å²) in [4.78, 5) is 14.5. The third kappa shape index (κ3) is 5.63. The van der Waals surface area contributed by atoms with Crippen LogP contribution in [0, 0.1) is 5.92 Å². The fraction of sp³-hybridized carbons (Fsp3) is 0.588. The molecule has 0 spiro atoms. The van der Waals surface area contributed by atoms with Crippen LogP contribution in [-0.2, 0) is 11.2 Å². The van der Waals surface area contributed by atoms with Gasteiger partial charge < -0.3 is 15.5 Å². The maximum absolute atomic E-state index is 12.0. The number of hydrogen-bond donors (Lipinski definition) is 2. The molecule has 1 unspecified atom stereocenters. The molecule has 0 aromatic heterocycles. The van der Waals surface area contributed by atoms with Gasteiger partial charge >= 0.3 is 0 Å². The van der Waals surface area contributed by atoms with E-state index in [9.17, 15) is 4.79 Å². The molecule has 2 rings (SSSR count). The van der Waals surface area contributed by atoms with E-state index in [1.54, 1.807) is 0 Å². The zero-order chi connectivity index (χ0) is 15.8. The van der Waals surface area contributed by atoms with Gasteiger partial charge in [0.15, 0.2) is 0 Å². The van der Waals surface area contributed by atoms with Crippen molar-refractivity contribution in [2.24, 2.45) is 5.92 Å². The SMILES string of the molecule is CNCC(C)C(=O)Nc1ccc(CCN2CCSCC2)cc1. The minimum absolute atomic E-state index is 0.0263. The molecule has 1 heterocycles. The molecule has 1 amide bonds. The van der Waals surface area contributed by atoms with Crippen molar-refractivity contribution in [2.75, 3.05) is 50.0 Å². The number of rotatable bonds is 7. The van der Waals surface area contributed by atoms with Crippen molar-refractivity contribution in [2.45, 2.75) is 13.3 Å². The van der Waals surface area contributed by atoms with Crippen molar-refractivity contribution in [3.8, 4) is 0 Å². The van der Waals surface area contributed by atoms with Gasteiger partial charge in [0.05, 0.1) is 0 Å². The van der Waals surface area contributed by atoms with Crippen LogP contribution >= 0.6 is 11.8 Å². The van der Waals surface area contributed by atoms with Crippen LogP contribution in [0.15, 0.2) is 24.3 Å². The average Bonchev–Trinajstić information content (AvgIpc) is 2.55. The van der Waals surface area contributed by atoms with Crippen molar-refractivity contribution in [1.82, 2.24) is 10.2 Å². The number of amides is 1. The number of thioether (sulfide) groups is 1. The Balaban J connectivity index is 1.78. The molecule has 1 aromatic rings. The molecule has 22 heavy (non-hydrogen) atoms. The topological polar surface area (TPSA) is 44.4 Å². The first-order valence-corrected chi connectivity index (χ1v) is 9.19. The van der Waals surface area contributed by atoms with Gasteiger partial charge in [-0.1, -0.05) is 19.1 Å². The molecular formula is C17H27N3OS. The fourth-order valence-electron chi connectivity index (χ4n) is 2.53. The van der Waals surface area contributed by atoms with Crippen LogP contribution in [0.3, 0.4) is 0 Å². The van der Waals surface area contributed by atoms with Crippen molar-refractivity contribution in [3.05, 3.63) is 29.8 Å². The third-order valence-corrected chi connectivity index (χ3v) is 4.94. The Morgan fingerprint density at radius 2 is 1.95 bits per heavy atom. The largest absolute Gasteiger partial charge is 0.326 e. The van der Waals surface area contributed by atoms with Crippen molar-refractivity contribution in [3.63, 3.8) is 0 Å². The summed E-state index contributed by atoms with van der Waals surface area (Å²) in [7, 11) is 1.86. The minimum atomic E-state index is -0.0263. The summed E-state index contributed by atoms with van der Waals surface area (Å²) >= 11 is 2.05. The number of nitrogens with one attached hydrogen (secondary N) is 2. The Hall–Kier alpha value is -1.04. The van der Waals surface area contributed by atoms with Crippen LogP contribution in [0.2, 0.25) is 0 Å². The zero-order valence-corrected chi connectivity index (χ0v) is 14.4. The van der Waals surface area contributed by atoms with Crippen LogP contribution in [-0.4, -0.2) is 55.5 Å².